The summed E-state index contributed by atoms with van der Waals surface area (Å²) in [6.07, 6.45) is 0. The average molecular weight is 568 g/mol. The summed E-state index contributed by atoms with van der Waals surface area (Å²) in [5.41, 5.74) is 3.63. The molecular weight excluding hydrogens is 529 g/mol. The number of nitrogens with one attached hydrogen (secondary N) is 1. The molecule has 4 rings (SSSR count). The first-order chi connectivity index (χ1) is 18.9. The zero-order valence-corrected chi connectivity index (χ0v) is 24.6. The number of amides is 1. The molecule has 3 aromatic rings. The molecular formula is C31H38FN3O4S. The summed E-state index contributed by atoms with van der Waals surface area (Å²) >= 11 is 0. The Balaban J connectivity index is 1.37. The Kier molecular flexibility index (Phi) is 8.85. The number of hydrogen-bond donors (Lipinski definition) is 1. The maximum atomic E-state index is 15.3. The van der Waals surface area contributed by atoms with E-state index in [1.165, 1.54) is 0 Å². The lowest BCUT2D eigenvalue weighted by Crippen LogP contribution is -2.47. The molecule has 1 N–H and O–H groups in total. The first kappa shape index (κ1) is 29.6. The van der Waals surface area contributed by atoms with Crippen LogP contribution < -0.4 is 14.4 Å². The Bertz CT molecular complexity index is 1440. The van der Waals surface area contributed by atoms with Crippen LogP contribution in [-0.4, -0.2) is 56.8 Å². The summed E-state index contributed by atoms with van der Waals surface area (Å²) in [7, 11) is -3.78. The van der Waals surface area contributed by atoms with Crippen LogP contribution in [0.3, 0.4) is 0 Å². The molecule has 1 atom stereocenters. The summed E-state index contributed by atoms with van der Waals surface area (Å²) in [6.45, 7) is 12.2. The predicted octanol–water partition coefficient (Wildman–Crippen LogP) is 5.63. The van der Waals surface area contributed by atoms with Gasteiger partial charge >= 0.3 is 0 Å². The van der Waals surface area contributed by atoms with Crippen LogP contribution in [0.5, 0.6) is 5.75 Å². The van der Waals surface area contributed by atoms with Gasteiger partial charge in [-0.15, -0.1) is 0 Å². The summed E-state index contributed by atoms with van der Waals surface area (Å²) in [6, 6.07) is 20.0. The lowest BCUT2D eigenvalue weighted by atomic mass is 9.99. The molecule has 214 valence electrons. The zero-order chi connectivity index (χ0) is 29.1. The van der Waals surface area contributed by atoms with Gasteiger partial charge in [-0.3, -0.25) is 9.69 Å². The smallest absolute Gasteiger partial charge is 0.264 e. The summed E-state index contributed by atoms with van der Waals surface area (Å²) < 4.78 is 46.5. The van der Waals surface area contributed by atoms with Gasteiger partial charge in [0.05, 0.1) is 11.4 Å². The largest absolute Gasteiger partial charge is 0.494 e. The number of piperazine rings is 1. The fraction of sp³-hybridized carbons (Fsp3) is 0.387. The summed E-state index contributed by atoms with van der Waals surface area (Å²) in [4.78, 5) is 16.9. The fourth-order valence-corrected chi connectivity index (χ4v) is 5.37. The van der Waals surface area contributed by atoms with Crippen molar-refractivity contribution >= 4 is 21.6 Å². The number of halogens is 1. The number of ether oxygens (including phenoxy) is 1. The molecule has 0 aromatic heterocycles. The highest BCUT2D eigenvalue weighted by molar-refractivity contribution is 7.91. The first-order valence-corrected chi connectivity index (χ1v) is 15.1. The number of carbonyl (C=O) groups excluding carboxylic acids is 1. The maximum absolute atomic E-state index is 15.3. The fourth-order valence-electron chi connectivity index (χ4n) is 4.70. The van der Waals surface area contributed by atoms with Crippen LogP contribution in [-0.2, 0) is 10.0 Å². The Morgan fingerprint density at radius 3 is 2.23 bits per heavy atom. The Morgan fingerprint density at radius 2 is 1.62 bits per heavy atom. The first-order valence-electron chi connectivity index (χ1n) is 13.6. The van der Waals surface area contributed by atoms with Crippen molar-refractivity contribution in [1.82, 2.24) is 9.62 Å². The molecule has 3 aromatic carbocycles. The zero-order valence-electron chi connectivity index (χ0n) is 23.8. The van der Waals surface area contributed by atoms with Gasteiger partial charge in [0.25, 0.3) is 5.91 Å². The van der Waals surface area contributed by atoms with E-state index in [0.29, 0.717) is 12.2 Å². The van der Waals surface area contributed by atoms with E-state index < -0.39 is 20.7 Å². The van der Waals surface area contributed by atoms with Crippen molar-refractivity contribution in [3.63, 3.8) is 0 Å². The van der Waals surface area contributed by atoms with Gasteiger partial charge in [0.2, 0.25) is 10.0 Å². The van der Waals surface area contributed by atoms with Crippen molar-refractivity contribution in [2.45, 2.75) is 45.4 Å². The summed E-state index contributed by atoms with van der Waals surface area (Å²) in [5.74, 6) is -0.103. The van der Waals surface area contributed by atoms with E-state index in [2.05, 4.69) is 14.5 Å². The number of hydrogen-bond acceptors (Lipinski definition) is 6. The molecule has 1 unspecified atom stereocenters. The monoisotopic (exact) mass is 567 g/mol. The molecule has 7 nitrogen and oxygen atoms in total. The molecule has 0 aliphatic carbocycles. The molecule has 9 heteroatoms. The van der Waals surface area contributed by atoms with Crippen molar-refractivity contribution in [2.24, 2.45) is 0 Å². The third kappa shape index (κ3) is 6.64. The van der Waals surface area contributed by atoms with Gasteiger partial charge in [0, 0.05) is 49.0 Å². The molecule has 0 spiro atoms. The predicted molar refractivity (Wildman–Crippen MR) is 158 cm³/mol. The lowest BCUT2D eigenvalue weighted by Gasteiger charge is -2.39. The van der Waals surface area contributed by atoms with Crippen LogP contribution in [0.15, 0.2) is 66.7 Å². The van der Waals surface area contributed by atoms with Crippen LogP contribution in [0.1, 0.15) is 56.6 Å². The van der Waals surface area contributed by atoms with Gasteiger partial charge in [0.15, 0.2) is 0 Å². The standard InChI is InChI=1S/C31H38FN3O4S/c1-6-39-27-9-7-8-24(20-27)25-12-15-28(29(32)21-25)22(2)34-16-18-35(19-17-34)26-13-10-23(11-14-26)30(36)33-40(37,38)31(3,4)5/h7-15,20-22H,6,16-19H2,1-5H3,(H,33,36). The number of rotatable bonds is 8. The molecule has 1 fully saturated rings. The van der Waals surface area contributed by atoms with Crippen molar-refractivity contribution < 1.29 is 22.3 Å². The number of sulfonamides is 1. The molecule has 40 heavy (non-hydrogen) atoms. The third-order valence-electron chi connectivity index (χ3n) is 7.32. The molecule has 0 saturated carbocycles. The van der Waals surface area contributed by atoms with Crippen LogP contribution in [0, 0.1) is 5.82 Å². The van der Waals surface area contributed by atoms with E-state index in [9.17, 15) is 13.2 Å². The molecule has 0 bridgehead atoms. The van der Waals surface area contributed by atoms with E-state index in [1.54, 1.807) is 39.0 Å². The second-order valence-corrected chi connectivity index (χ2v) is 13.4. The number of nitrogens with zero attached hydrogens (tertiary/aromatic N) is 2. The molecule has 1 aliphatic rings. The summed E-state index contributed by atoms with van der Waals surface area (Å²) in [5, 5.41) is 0. The van der Waals surface area contributed by atoms with E-state index >= 15 is 4.39 Å². The maximum Gasteiger partial charge on any atom is 0.264 e. The highest BCUT2D eigenvalue weighted by Gasteiger charge is 2.31. The Hall–Kier alpha value is -3.43. The van der Waals surface area contributed by atoms with Crippen molar-refractivity contribution in [3.8, 4) is 16.9 Å². The Morgan fingerprint density at radius 1 is 0.975 bits per heavy atom. The Labute approximate surface area is 237 Å². The van der Waals surface area contributed by atoms with Crippen LogP contribution in [0.25, 0.3) is 11.1 Å². The van der Waals surface area contributed by atoms with Gasteiger partial charge in [-0.25, -0.2) is 17.5 Å². The van der Waals surface area contributed by atoms with E-state index in [-0.39, 0.29) is 17.4 Å². The van der Waals surface area contributed by atoms with E-state index in [4.69, 9.17) is 4.74 Å². The minimum Gasteiger partial charge on any atom is -0.494 e. The van der Waals surface area contributed by atoms with Crippen LogP contribution in [0.2, 0.25) is 0 Å². The SMILES string of the molecule is CCOc1cccc(-c2ccc(C(C)N3CCN(c4ccc(C(=O)NS(=O)(=O)C(C)(C)C)cc4)CC3)c(F)c2)c1. The second kappa shape index (κ2) is 12.0. The highest BCUT2D eigenvalue weighted by Crippen LogP contribution is 2.30. The minimum atomic E-state index is -3.78. The van der Waals surface area contributed by atoms with Crippen molar-refractivity contribution in [2.75, 3.05) is 37.7 Å². The van der Waals surface area contributed by atoms with Crippen LogP contribution in [0.4, 0.5) is 10.1 Å². The molecule has 0 radical (unpaired) electrons. The molecule has 1 heterocycles. The van der Waals surface area contributed by atoms with Gasteiger partial charge in [-0.05, 0) is 88.2 Å². The lowest BCUT2D eigenvalue weighted by molar-refractivity contribution is 0.0980. The van der Waals surface area contributed by atoms with Gasteiger partial charge < -0.3 is 9.64 Å². The van der Waals surface area contributed by atoms with E-state index in [0.717, 1.165) is 48.7 Å². The molecule has 1 aliphatic heterocycles. The number of benzene rings is 3. The number of anilines is 1. The van der Waals surface area contributed by atoms with Crippen molar-refractivity contribution in [3.05, 3.63) is 83.7 Å². The molecule has 1 amide bonds. The topological polar surface area (TPSA) is 79.0 Å². The third-order valence-corrected chi connectivity index (χ3v) is 9.39. The molecule has 1 saturated heterocycles. The average Bonchev–Trinajstić information content (AvgIpc) is 2.92. The second-order valence-electron chi connectivity index (χ2n) is 11.0. The van der Waals surface area contributed by atoms with Crippen LogP contribution >= 0.6 is 0 Å². The highest BCUT2D eigenvalue weighted by atomic mass is 32.2. The van der Waals surface area contributed by atoms with Crippen molar-refractivity contribution in [1.29, 1.82) is 0 Å². The number of carbonyl (C=O) groups is 1. The van der Waals surface area contributed by atoms with E-state index in [1.807, 2.05) is 62.4 Å². The quantitative estimate of drug-likeness (QED) is 0.380. The normalized spacial score (nSPS) is 15.5. The van der Waals surface area contributed by atoms with Gasteiger partial charge in [0.1, 0.15) is 11.6 Å². The van der Waals surface area contributed by atoms with Gasteiger partial charge in [-0.2, -0.15) is 0 Å². The minimum absolute atomic E-state index is 0.0817. The van der Waals surface area contributed by atoms with Gasteiger partial charge in [-0.1, -0.05) is 24.3 Å².